The molecule has 0 radical (unpaired) electrons. The third-order valence-electron chi connectivity index (χ3n) is 6.35. The summed E-state index contributed by atoms with van der Waals surface area (Å²) in [5.41, 5.74) is 4.42. The van der Waals surface area contributed by atoms with Crippen molar-refractivity contribution in [2.75, 3.05) is 5.32 Å². The minimum absolute atomic E-state index is 0.0241. The van der Waals surface area contributed by atoms with Gasteiger partial charge in [-0.15, -0.1) is 11.3 Å². The van der Waals surface area contributed by atoms with E-state index in [-0.39, 0.29) is 30.3 Å². The molecule has 2 heterocycles. The SMILES string of the molecule is Cc1cc(C)c(-c2ccc3[nH]c(=O)n(-c4ccc(NC(=O)NS(=O)(=O)c5ccc(Cl)s5)cc4Cl)c(=O)c3c2)c(C)c1. The van der Waals surface area contributed by atoms with E-state index in [1.54, 1.807) is 12.1 Å². The van der Waals surface area contributed by atoms with Gasteiger partial charge in [0, 0.05) is 5.69 Å². The average molecular weight is 630 g/mol. The van der Waals surface area contributed by atoms with Crippen molar-refractivity contribution in [3.8, 4) is 16.8 Å². The molecule has 0 saturated heterocycles. The maximum absolute atomic E-state index is 13.6. The number of fused-ring (bicyclic) bond motifs is 1. The van der Waals surface area contributed by atoms with E-state index in [1.807, 2.05) is 31.6 Å². The van der Waals surface area contributed by atoms with Crippen LogP contribution >= 0.6 is 34.5 Å². The molecule has 0 aliphatic heterocycles. The molecule has 0 bridgehead atoms. The van der Waals surface area contributed by atoms with Gasteiger partial charge in [-0.3, -0.25) is 4.79 Å². The molecule has 3 aromatic carbocycles. The Morgan fingerprint density at radius 1 is 0.927 bits per heavy atom. The first kappa shape index (κ1) is 28.6. The molecule has 0 aliphatic rings. The summed E-state index contributed by atoms with van der Waals surface area (Å²) in [6.45, 7) is 6.04. The molecule has 13 heteroatoms. The van der Waals surface area contributed by atoms with Crippen LogP contribution in [-0.4, -0.2) is 24.0 Å². The lowest BCUT2D eigenvalue weighted by atomic mass is 9.93. The number of aryl methyl sites for hydroxylation is 3. The van der Waals surface area contributed by atoms with E-state index in [1.165, 1.54) is 30.3 Å². The molecule has 0 saturated carbocycles. The maximum Gasteiger partial charge on any atom is 0.333 e. The van der Waals surface area contributed by atoms with Gasteiger partial charge >= 0.3 is 11.7 Å². The van der Waals surface area contributed by atoms with Crippen LogP contribution in [0.1, 0.15) is 16.7 Å². The van der Waals surface area contributed by atoms with Crippen molar-refractivity contribution in [1.82, 2.24) is 14.3 Å². The van der Waals surface area contributed by atoms with E-state index in [0.29, 0.717) is 5.52 Å². The Morgan fingerprint density at radius 2 is 1.63 bits per heavy atom. The minimum Gasteiger partial charge on any atom is -0.307 e. The van der Waals surface area contributed by atoms with Crippen molar-refractivity contribution >= 4 is 67.2 Å². The number of thiophene rings is 1. The van der Waals surface area contributed by atoms with Gasteiger partial charge < -0.3 is 10.3 Å². The Bertz CT molecular complexity index is 2080. The van der Waals surface area contributed by atoms with Crippen molar-refractivity contribution in [3.05, 3.63) is 108 Å². The monoisotopic (exact) mass is 628 g/mol. The van der Waals surface area contributed by atoms with Crippen molar-refractivity contribution in [2.45, 2.75) is 25.0 Å². The van der Waals surface area contributed by atoms with Gasteiger partial charge in [-0.25, -0.2) is 27.3 Å². The second kappa shape index (κ2) is 10.8. The molecule has 5 aromatic rings. The van der Waals surface area contributed by atoms with Gasteiger partial charge in [-0.05, 0) is 85.5 Å². The highest BCUT2D eigenvalue weighted by atomic mass is 35.5. The van der Waals surface area contributed by atoms with Crippen LogP contribution in [0.25, 0.3) is 27.7 Å². The molecule has 0 spiro atoms. The summed E-state index contributed by atoms with van der Waals surface area (Å²) in [5.74, 6) is 0. The number of aromatic amines is 1. The third kappa shape index (κ3) is 5.66. The Labute approximate surface area is 248 Å². The zero-order valence-electron chi connectivity index (χ0n) is 21.8. The molecule has 2 aromatic heterocycles. The summed E-state index contributed by atoms with van der Waals surface area (Å²) in [6, 6.07) is 15.2. The zero-order chi connectivity index (χ0) is 29.6. The number of urea groups is 1. The number of benzene rings is 3. The number of sulfonamides is 1. The van der Waals surface area contributed by atoms with Crippen LogP contribution in [0, 0.1) is 20.8 Å². The number of anilines is 1. The van der Waals surface area contributed by atoms with Crippen molar-refractivity contribution in [1.29, 1.82) is 0 Å². The number of carbonyl (C=O) groups is 1. The molecule has 0 aliphatic carbocycles. The number of amides is 2. The van der Waals surface area contributed by atoms with E-state index in [4.69, 9.17) is 23.2 Å². The van der Waals surface area contributed by atoms with Crippen molar-refractivity contribution in [2.24, 2.45) is 0 Å². The third-order valence-corrected chi connectivity index (χ3v) is 9.71. The fourth-order valence-electron chi connectivity index (χ4n) is 4.76. The molecular formula is C28H22Cl2N4O5S2. The van der Waals surface area contributed by atoms with Crippen LogP contribution in [0.5, 0.6) is 0 Å². The largest absolute Gasteiger partial charge is 0.333 e. The van der Waals surface area contributed by atoms with E-state index in [0.717, 1.165) is 43.7 Å². The number of hydrogen-bond donors (Lipinski definition) is 3. The summed E-state index contributed by atoms with van der Waals surface area (Å²) >= 11 is 13.0. The van der Waals surface area contributed by atoms with Gasteiger partial charge in [-0.1, -0.05) is 47.0 Å². The van der Waals surface area contributed by atoms with Crippen LogP contribution in [0.4, 0.5) is 10.5 Å². The molecule has 3 N–H and O–H groups in total. The molecule has 5 rings (SSSR count). The molecule has 41 heavy (non-hydrogen) atoms. The standard InChI is InChI=1S/C28H22Cl2N4O5S2/c1-14-10-15(2)25(16(3)11-14)17-4-6-21-19(12-17)26(35)34(28(37)32-21)22-7-5-18(13-20(22)29)31-27(36)33-41(38,39)24-9-8-23(30)40-24/h4-13H,1-3H3,(H,32,37)(H2,31,33,36). The van der Waals surface area contributed by atoms with Crippen LogP contribution in [0.15, 0.2) is 74.5 Å². The van der Waals surface area contributed by atoms with Gasteiger partial charge in [0.2, 0.25) is 0 Å². The number of halogens is 2. The molecule has 210 valence electrons. The molecule has 0 unspecified atom stereocenters. The van der Waals surface area contributed by atoms with E-state index in [2.05, 4.69) is 22.4 Å². The topological polar surface area (TPSA) is 130 Å². The lowest BCUT2D eigenvalue weighted by Gasteiger charge is -2.14. The average Bonchev–Trinajstić information content (AvgIpc) is 3.32. The predicted octanol–water partition coefficient (Wildman–Crippen LogP) is 6.15. The summed E-state index contributed by atoms with van der Waals surface area (Å²) in [7, 11) is -4.14. The minimum atomic E-state index is -4.14. The van der Waals surface area contributed by atoms with Gasteiger partial charge in [-0.2, -0.15) is 0 Å². The number of aromatic nitrogens is 2. The molecular weight excluding hydrogens is 607 g/mol. The van der Waals surface area contributed by atoms with Crippen molar-refractivity contribution in [3.63, 3.8) is 0 Å². The first-order chi connectivity index (χ1) is 19.3. The van der Waals surface area contributed by atoms with Crippen LogP contribution in [0.2, 0.25) is 9.36 Å². The summed E-state index contributed by atoms with van der Waals surface area (Å²) in [5, 5.41) is 2.64. The second-order valence-corrected chi connectivity index (χ2v) is 13.4. The van der Waals surface area contributed by atoms with Crippen LogP contribution in [-0.2, 0) is 10.0 Å². The number of nitrogens with one attached hydrogen (secondary N) is 3. The molecule has 9 nitrogen and oxygen atoms in total. The highest BCUT2D eigenvalue weighted by Gasteiger charge is 2.21. The first-order valence-corrected chi connectivity index (χ1v) is 15.2. The summed E-state index contributed by atoms with van der Waals surface area (Å²) in [4.78, 5) is 41.6. The number of nitrogens with zero attached hydrogens (tertiary/aromatic N) is 1. The van der Waals surface area contributed by atoms with Gasteiger partial charge in [0.25, 0.3) is 15.6 Å². The van der Waals surface area contributed by atoms with Crippen LogP contribution in [0.3, 0.4) is 0 Å². The zero-order valence-corrected chi connectivity index (χ0v) is 25.0. The van der Waals surface area contributed by atoms with Gasteiger partial charge in [0.05, 0.1) is 25.9 Å². The fraction of sp³-hybridized carbons (Fsp3) is 0.107. The van der Waals surface area contributed by atoms with E-state index >= 15 is 0 Å². The molecule has 0 atom stereocenters. The quantitative estimate of drug-likeness (QED) is 0.215. The summed E-state index contributed by atoms with van der Waals surface area (Å²) < 4.78 is 27.7. The lowest BCUT2D eigenvalue weighted by molar-refractivity contribution is 0.256. The number of H-pyrrole nitrogens is 1. The Kier molecular flexibility index (Phi) is 7.56. The first-order valence-electron chi connectivity index (χ1n) is 12.1. The number of rotatable bonds is 5. The smallest absolute Gasteiger partial charge is 0.307 e. The summed E-state index contributed by atoms with van der Waals surface area (Å²) in [6.07, 6.45) is 0. The van der Waals surface area contributed by atoms with E-state index in [9.17, 15) is 22.8 Å². The Balaban J connectivity index is 1.48. The van der Waals surface area contributed by atoms with Crippen molar-refractivity contribution < 1.29 is 13.2 Å². The Hall–Kier alpha value is -3.90. The maximum atomic E-state index is 13.6. The lowest BCUT2D eigenvalue weighted by Crippen LogP contribution is -2.34. The highest BCUT2D eigenvalue weighted by Crippen LogP contribution is 2.30. The highest BCUT2D eigenvalue weighted by molar-refractivity contribution is 7.92. The van der Waals surface area contributed by atoms with E-state index < -0.39 is 27.3 Å². The molecule has 2 amide bonds. The van der Waals surface area contributed by atoms with Crippen LogP contribution < -0.4 is 21.3 Å². The predicted molar refractivity (Wildman–Crippen MR) is 163 cm³/mol. The molecule has 0 fully saturated rings. The number of carbonyl (C=O) groups excluding carboxylic acids is 1. The second-order valence-electron chi connectivity index (χ2n) is 9.39. The van der Waals surface area contributed by atoms with Gasteiger partial charge in [0.15, 0.2) is 0 Å². The number of hydrogen-bond acceptors (Lipinski definition) is 6. The van der Waals surface area contributed by atoms with Gasteiger partial charge in [0.1, 0.15) is 4.21 Å². The fourth-order valence-corrected chi connectivity index (χ4v) is 7.42. The Morgan fingerprint density at radius 3 is 2.27 bits per heavy atom. The normalized spacial score (nSPS) is 11.5.